The largest absolute Gasteiger partial charge is 0.481 e. The second kappa shape index (κ2) is 6.60. The van der Waals surface area contributed by atoms with Gasteiger partial charge in [-0.25, -0.2) is 9.59 Å². The number of carboxylic acid groups (broad SMARTS) is 3. The van der Waals surface area contributed by atoms with Crippen molar-refractivity contribution in [3.63, 3.8) is 0 Å². The van der Waals surface area contributed by atoms with Gasteiger partial charge in [0.05, 0.1) is 0 Å². The van der Waals surface area contributed by atoms with Crippen molar-refractivity contribution in [2.45, 2.75) is 18.9 Å². The highest BCUT2D eigenvalue weighted by Crippen LogP contribution is 2.05. The lowest BCUT2D eigenvalue weighted by Gasteiger charge is -2.20. The van der Waals surface area contributed by atoms with Gasteiger partial charge in [-0.15, -0.1) is 0 Å². The second-order valence-corrected chi connectivity index (χ2v) is 2.68. The summed E-state index contributed by atoms with van der Waals surface area (Å²) in [5.74, 6) is -2.51. The van der Waals surface area contributed by atoms with Crippen LogP contribution in [-0.4, -0.2) is 51.3 Å². The van der Waals surface area contributed by atoms with Crippen LogP contribution in [-0.2, 0) is 9.59 Å². The molecule has 0 rings (SSSR count). The molecule has 0 bridgehead atoms. The predicted octanol–water partition coefficient (Wildman–Crippen LogP) is 0.0762. The van der Waals surface area contributed by atoms with Gasteiger partial charge in [-0.05, 0) is 6.42 Å². The second-order valence-electron chi connectivity index (χ2n) is 2.68. The van der Waals surface area contributed by atoms with Crippen LogP contribution in [0.2, 0.25) is 0 Å². The van der Waals surface area contributed by atoms with Gasteiger partial charge >= 0.3 is 18.0 Å². The van der Waals surface area contributed by atoms with E-state index in [-0.39, 0.29) is 19.0 Å². The van der Waals surface area contributed by atoms with E-state index in [4.69, 9.17) is 15.3 Å². The Morgan fingerprint density at radius 2 is 1.67 bits per heavy atom. The van der Waals surface area contributed by atoms with E-state index in [0.29, 0.717) is 4.90 Å². The minimum atomic E-state index is -1.40. The third-order valence-electron chi connectivity index (χ3n) is 1.69. The first kappa shape index (κ1) is 15.6. The number of likely N-dealkylation sites (N-methyl/N-ethyl adjacent to an activating group) is 1. The summed E-state index contributed by atoms with van der Waals surface area (Å²) in [6, 6.07) is -1.32. The minimum absolute atomic E-state index is 0. The monoisotopic (exact) mass is 222 g/mol. The molecule has 0 fully saturated rings. The standard InChI is InChI=1S/C7H11NO6.H3N/c1-8(7(13)14)4(6(11)12)2-3-5(9)10;/h4H,2-3H2,1H3,(H,9,10)(H,11,12)(H,13,14);1H3/t4-;/m0./s1. The third kappa shape index (κ3) is 5.47. The summed E-state index contributed by atoms with van der Waals surface area (Å²) in [4.78, 5) is 31.7. The van der Waals surface area contributed by atoms with Gasteiger partial charge in [-0.3, -0.25) is 9.69 Å². The maximum Gasteiger partial charge on any atom is 0.407 e. The van der Waals surface area contributed by atoms with E-state index in [1.165, 1.54) is 0 Å². The average Bonchev–Trinajstić information content (AvgIpc) is 2.02. The molecule has 0 aliphatic carbocycles. The Morgan fingerprint density at radius 3 is 1.93 bits per heavy atom. The molecule has 0 aromatic rings. The Morgan fingerprint density at radius 1 is 1.20 bits per heavy atom. The number of amides is 1. The van der Waals surface area contributed by atoms with E-state index in [0.717, 1.165) is 7.05 Å². The number of carboxylic acids is 2. The van der Waals surface area contributed by atoms with Crippen molar-refractivity contribution >= 4 is 18.0 Å². The van der Waals surface area contributed by atoms with Crippen LogP contribution in [0.5, 0.6) is 0 Å². The molecule has 88 valence electrons. The lowest BCUT2D eigenvalue weighted by molar-refractivity contribution is -0.143. The van der Waals surface area contributed by atoms with Crippen LogP contribution in [0.15, 0.2) is 0 Å². The molecule has 0 unspecified atom stereocenters. The number of rotatable bonds is 5. The zero-order valence-electron chi connectivity index (χ0n) is 8.21. The van der Waals surface area contributed by atoms with Crippen LogP contribution in [0.3, 0.4) is 0 Å². The summed E-state index contributed by atoms with van der Waals surface area (Å²) in [5, 5.41) is 25.4. The van der Waals surface area contributed by atoms with Crippen LogP contribution in [0, 0.1) is 0 Å². The van der Waals surface area contributed by atoms with E-state index in [1.807, 2.05) is 0 Å². The normalized spacial score (nSPS) is 11.0. The van der Waals surface area contributed by atoms with E-state index in [2.05, 4.69) is 0 Å². The fourth-order valence-corrected chi connectivity index (χ4v) is 0.876. The lowest BCUT2D eigenvalue weighted by Crippen LogP contribution is -2.41. The quantitative estimate of drug-likeness (QED) is 0.514. The molecule has 0 spiro atoms. The maximum atomic E-state index is 10.6. The number of hydrogen-bond donors (Lipinski definition) is 4. The Labute approximate surface area is 85.7 Å². The Bertz CT molecular complexity index is 254. The highest BCUT2D eigenvalue weighted by molar-refractivity contribution is 5.79. The molecule has 0 aliphatic rings. The topological polar surface area (TPSA) is 150 Å². The summed E-state index contributed by atoms with van der Waals surface area (Å²) in [7, 11) is 1.09. The molecule has 0 aromatic heterocycles. The summed E-state index contributed by atoms with van der Waals surface area (Å²) in [6.07, 6.45) is -2.02. The van der Waals surface area contributed by atoms with Crippen LogP contribution < -0.4 is 6.15 Å². The van der Waals surface area contributed by atoms with Gasteiger partial charge in [-0.1, -0.05) is 0 Å². The van der Waals surface area contributed by atoms with Gasteiger partial charge in [0.25, 0.3) is 0 Å². The van der Waals surface area contributed by atoms with Crippen molar-refractivity contribution in [3.8, 4) is 0 Å². The van der Waals surface area contributed by atoms with E-state index >= 15 is 0 Å². The van der Waals surface area contributed by atoms with Gasteiger partial charge < -0.3 is 21.5 Å². The Hall–Kier alpha value is -1.83. The van der Waals surface area contributed by atoms with Gasteiger partial charge in [-0.2, -0.15) is 0 Å². The van der Waals surface area contributed by atoms with Crippen molar-refractivity contribution < 1.29 is 29.7 Å². The molecule has 0 aliphatic heterocycles. The molecule has 8 nitrogen and oxygen atoms in total. The smallest absolute Gasteiger partial charge is 0.407 e. The first-order valence-corrected chi connectivity index (χ1v) is 3.76. The van der Waals surface area contributed by atoms with Crippen molar-refractivity contribution in [3.05, 3.63) is 0 Å². The Kier molecular flexibility index (Phi) is 6.88. The van der Waals surface area contributed by atoms with E-state index < -0.39 is 24.1 Å². The molecule has 0 heterocycles. The van der Waals surface area contributed by atoms with Crippen molar-refractivity contribution in [1.29, 1.82) is 0 Å². The maximum absolute atomic E-state index is 10.6. The van der Waals surface area contributed by atoms with Crippen LogP contribution in [0.4, 0.5) is 4.79 Å². The summed E-state index contributed by atoms with van der Waals surface area (Å²) in [6.45, 7) is 0. The van der Waals surface area contributed by atoms with Crippen molar-refractivity contribution in [2.75, 3.05) is 7.05 Å². The molecular weight excluding hydrogens is 208 g/mol. The Balaban J connectivity index is 0. The van der Waals surface area contributed by atoms with Crippen LogP contribution in [0.25, 0.3) is 0 Å². The third-order valence-corrected chi connectivity index (χ3v) is 1.69. The highest BCUT2D eigenvalue weighted by atomic mass is 16.4. The molecular formula is C7H14N2O6. The van der Waals surface area contributed by atoms with Crippen molar-refractivity contribution in [2.24, 2.45) is 0 Å². The molecule has 0 radical (unpaired) electrons. The zero-order chi connectivity index (χ0) is 11.3. The molecule has 0 saturated carbocycles. The van der Waals surface area contributed by atoms with E-state index in [1.54, 1.807) is 0 Å². The fourth-order valence-electron chi connectivity index (χ4n) is 0.876. The summed E-state index contributed by atoms with van der Waals surface area (Å²) < 4.78 is 0. The number of carbonyl (C=O) groups is 3. The van der Waals surface area contributed by atoms with Crippen molar-refractivity contribution in [1.82, 2.24) is 11.1 Å². The first-order chi connectivity index (χ1) is 6.36. The highest BCUT2D eigenvalue weighted by Gasteiger charge is 2.26. The average molecular weight is 222 g/mol. The van der Waals surface area contributed by atoms with Gasteiger partial charge in [0.2, 0.25) is 0 Å². The fraction of sp³-hybridized carbons (Fsp3) is 0.571. The first-order valence-electron chi connectivity index (χ1n) is 3.76. The minimum Gasteiger partial charge on any atom is -0.481 e. The molecule has 8 heteroatoms. The number of aliphatic carboxylic acids is 2. The summed E-state index contributed by atoms with van der Waals surface area (Å²) in [5.41, 5.74) is 0. The lowest BCUT2D eigenvalue weighted by atomic mass is 10.1. The van der Waals surface area contributed by atoms with Crippen LogP contribution >= 0.6 is 0 Å². The predicted molar refractivity (Wildman–Crippen MR) is 49.1 cm³/mol. The summed E-state index contributed by atoms with van der Waals surface area (Å²) >= 11 is 0. The number of hydrogen-bond acceptors (Lipinski definition) is 4. The molecule has 0 saturated heterocycles. The molecule has 15 heavy (non-hydrogen) atoms. The van der Waals surface area contributed by atoms with Gasteiger partial charge in [0.1, 0.15) is 6.04 Å². The van der Waals surface area contributed by atoms with Gasteiger partial charge in [0.15, 0.2) is 0 Å². The SMILES string of the molecule is CN(C(=O)O)[C@@H](CCC(=O)O)C(=O)O.N. The van der Waals surface area contributed by atoms with Gasteiger partial charge in [0, 0.05) is 13.5 Å². The van der Waals surface area contributed by atoms with E-state index in [9.17, 15) is 14.4 Å². The molecule has 1 amide bonds. The zero-order valence-corrected chi connectivity index (χ0v) is 8.21. The molecule has 0 aromatic carbocycles. The molecule has 6 N–H and O–H groups in total. The molecule has 1 atom stereocenters. The number of nitrogens with zero attached hydrogens (tertiary/aromatic N) is 1. The van der Waals surface area contributed by atoms with Crippen LogP contribution in [0.1, 0.15) is 12.8 Å².